The normalized spacial score (nSPS) is 13.0. The molecule has 8 heteroatoms. The van der Waals surface area contributed by atoms with Crippen LogP contribution in [0.5, 0.6) is 0 Å². The second-order valence-corrected chi connectivity index (χ2v) is 9.08. The van der Waals surface area contributed by atoms with Gasteiger partial charge in [-0.05, 0) is 49.4 Å². The van der Waals surface area contributed by atoms with Crippen molar-refractivity contribution in [2.45, 2.75) is 31.3 Å². The van der Waals surface area contributed by atoms with Crippen molar-refractivity contribution in [3.05, 3.63) is 51.9 Å². The van der Waals surface area contributed by atoms with Crippen molar-refractivity contribution in [3.63, 3.8) is 0 Å². The van der Waals surface area contributed by atoms with E-state index in [1.54, 1.807) is 0 Å². The summed E-state index contributed by atoms with van der Waals surface area (Å²) in [6, 6.07) is 12.4. The minimum absolute atomic E-state index is 0.139. The molecule has 1 aliphatic rings. The van der Waals surface area contributed by atoms with E-state index in [-0.39, 0.29) is 11.7 Å². The number of nitrogens with one attached hydrogen (secondary N) is 1. The summed E-state index contributed by atoms with van der Waals surface area (Å²) in [5.74, 6) is 0.0655. The van der Waals surface area contributed by atoms with Crippen LogP contribution in [0, 0.1) is 18.3 Å². The number of fused-ring (bicyclic) bond motifs is 4. The number of nitriles is 1. The number of carbonyl (C=O) groups excluding carboxylic acids is 1. The number of thioether (sulfide) groups is 1. The molecule has 0 aliphatic heterocycles. The van der Waals surface area contributed by atoms with E-state index in [0.717, 1.165) is 46.9 Å². The number of hydrogen-bond acceptors (Lipinski definition) is 6. The molecule has 0 fully saturated rings. The van der Waals surface area contributed by atoms with Crippen molar-refractivity contribution in [1.29, 1.82) is 5.26 Å². The summed E-state index contributed by atoms with van der Waals surface area (Å²) in [4.78, 5) is 13.8. The molecule has 5 rings (SSSR count). The average Bonchev–Trinajstić information content (AvgIpc) is 3.41. The smallest absolute Gasteiger partial charge is 0.235 e. The Bertz CT molecular complexity index is 1310. The molecule has 3 heterocycles. The third-order valence-electron chi connectivity index (χ3n) is 5.19. The van der Waals surface area contributed by atoms with E-state index < -0.39 is 0 Å². The number of pyridine rings is 1. The van der Waals surface area contributed by atoms with E-state index in [0.29, 0.717) is 15.7 Å². The molecule has 0 bridgehead atoms. The molecule has 0 unspecified atom stereocenters. The van der Waals surface area contributed by atoms with Crippen LogP contribution in [0.2, 0.25) is 0 Å². The van der Waals surface area contributed by atoms with Crippen LogP contribution < -0.4 is 5.32 Å². The van der Waals surface area contributed by atoms with Gasteiger partial charge in [-0.3, -0.25) is 9.20 Å². The van der Waals surface area contributed by atoms with Crippen LogP contribution in [-0.4, -0.2) is 26.3 Å². The number of thiophene rings is 1. The first-order valence-corrected chi connectivity index (χ1v) is 11.2. The van der Waals surface area contributed by atoms with Gasteiger partial charge in [0.15, 0.2) is 10.8 Å². The number of rotatable bonds is 4. The van der Waals surface area contributed by atoms with Crippen molar-refractivity contribution in [3.8, 4) is 6.07 Å². The van der Waals surface area contributed by atoms with E-state index in [1.165, 1.54) is 28.0 Å². The highest BCUT2D eigenvalue weighted by Crippen LogP contribution is 2.38. The highest BCUT2D eigenvalue weighted by atomic mass is 32.2. The molecule has 3 aromatic heterocycles. The zero-order chi connectivity index (χ0) is 20.0. The monoisotopic (exact) mass is 419 g/mol. The molecule has 0 saturated heterocycles. The lowest BCUT2D eigenvalue weighted by molar-refractivity contribution is -0.113. The Balaban J connectivity index is 1.38. The van der Waals surface area contributed by atoms with Gasteiger partial charge in [-0.1, -0.05) is 30.0 Å². The van der Waals surface area contributed by atoms with Crippen molar-refractivity contribution < 1.29 is 4.79 Å². The fourth-order valence-electron chi connectivity index (χ4n) is 3.87. The van der Waals surface area contributed by atoms with Crippen molar-refractivity contribution in [2.75, 3.05) is 11.1 Å². The average molecular weight is 420 g/mol. The van der Waals surface area contributed by atoms with Crippen LogP contribution in [0.1, 0.15) is 28.0 Å². The van der Waals surface area contributed by atoms with Crippen LogP contribution >= 0.6 is 23.1 Å². The van der Waals surface area contributed by atoms with Crippen LogP contribution in [0.25, 0.3) is 16.6 Å². The quantitative estimate of drug-likeness (QED) is 0.498. The predicted octanol–water partition coefficient (Wildman–Crippen LogP) is 4.34. The Kier molecular flexibility index (Phi) is 4.49. The lowest BCUT2D eigenvalue weighted by Gasteiger charge is -2.07. The van der Waals surface area contributed by atoms with Gasteiger partial charge in [-0.15, -0.1) is 21.5 Å². The molecule has 29 heavy (non-hydrogen) atoms. The van der Waals surface area contributed by atoms with Gasteiger partial charge in [0.1, 0.15) is 11.1 Å². The number of hydrogen-bond donors (Lipinski definition) is 1. The number of anilines is 1. The van der Waals surface area contributed by atoms with Crippen LogP contribution in [-0.2, 0) is 17.6 Å². The molecular formula is C21H17N5OS2. The van der Waals surface area contributed by atoms with Crippen LogP contribution in [0.4, 0.5) is 5.00 Å². The molecule has 1 aromatic carbocycles. The molecule has 0 saturated carbocycles. The molecule has 4 aromatic rings. The molecule has 0 atom stereocenters. The molecular weight excluding hydrogens is 402 g/mol. The number of aromatic nitrogens is 3. The third kappa shape index (κ3) is 3.07. The molecule has 6 nitrogen and oxygen atoms in total. The van der Waals surface area contributed by atoms with E-state index in [1.807, 2.05) is 28.7 Å². The Morgan fingerprint density at radius 2 is 2.21 bits per heavy atom. The molecule has 0 spiro atoms. The molecule has 1 N–H and O–H groups in total. The topological polar surface area (TPSA) is 83.1 Å². The van der Waals surface area contributed by atoms with Crippen LogP contribution in [0.15, 0.2) is 35.5 Å². The SMILES string of the molecule is Cc1cc2nnc(SCC(=O)Nc3sc4c(c3C#N)CCC4)n2c2ccccc12. The van der Waals surface area contributed by atoms with Gasteiger partial charge in [0.2, 0.25) is 5.91 Å². The van der Waals surface area contributed by atoms with Gasteiger partial charge in [-0.25, -0.2) is 0 Å². The maximum atomic E-state index is 12.6. The number of nitrogens with zero attached hydrogens (tertiary/aromatic N) is 4. The fourth-order valence-corrected chi connectivity index (χ4v) is 5.88. The summed E-state index contributed by atoms with van der Waals surface area (Å²) in [6.45, 7) is 2.06. The fraction of sp³-hybridized carbons (Fsp3) is 0.238. The summed E-state index contributed by atoms with van der Waals surface area (Å²) >= 11 is 2.88. The Morgan fingerprint density at radius 3 is 3.07 bits per heavy atom. The summed E-state index contributed by atoms with van der Waals surface area (Å²) in [5, 5.41) is 23.5. The van der Waals surface area contributed by atoms with Gasteiger partial charge >= 0.3 is 0 Å². The summed E-state index contributed by atoms with van der Waals surface area (Å²) in [5.41, 5.74) is 4.69. The predicted molar refractivity (Wildman–Crippen MR) is 116 cm³/mol. The lowest BCUT2D eigenvalue weighted by Crippen LogP contribution is -2.14. The van der Waals surface area contributed by atoms with E-state index in [4.69, 9.17) is 0 Å². The Morgan fingerprint density at radius 1 is 1.34 bits per heavy atom. The zero-order valence-corrected chi connectivity index (χ0v) is 17.4. The second kappa shape index (κ2) is 7.17. The van der Waals surface area contributed by atoms with Gasteiger partial charge in [-0.2, -0.15) is 5.26 Å². The molecule has 0 radical (unpaired) electrons. The summed E-state index contributed by atoms with van der Waals surface area (Å²) in [6.07, 6.45) is 3.02. The Hall–Kier alpha value is -2.89. The number of aryl methyl sites for hydroxylation is 2. The minimum atomic E-state index is -0.139. The molecule has 1 aliphatic carbocycles. The summed E-state index contributed by atoms with van der Waals surface area (Å²) in [7, 11) is 0. The molecule has 1 amide bonds. The first-order valence-electron chi connectivity index (χ1n) is 9.36. The second-order valence-electron chi connectivity index (χ2n) is 7.03. The largest absolute Gasteiger partial charge is 0.316 e. The van der Waals surface area contributed by atoms with Gasteiger partial charge in [0.05, 0.1) is 16.8 Å². The van der Waals surface area contributed by atoms with Gasteiger partial charge in [0, 0.05) is 10.3 Å². The van der Waals surface area contributed by atoms with Crippen LogP contribution in [0.3, 0.4) is 0 Å². The van der Waals surface area contributed by atoms with E-state index >= 15 is 0 Å². The number of amides is 1. The van der Waals surface area contributed by atoms with E-state index in [9.17, 15) is 10.1 Å². The highest BCUT2D eigenvalue weighted by molar-refractivity contribution is 7.99. The molecule has 144 valence electrons. The summed E-state index contributed by atoms with van der Waals surface area (Å²) < 4.78 is 1.99. The number of benzene rings is 1. The first-order chi connectivity index (χ1) is 14.2. The van der Waals surface area contributed by atoms with E-state index in [2.05, 4.69) is 34.6 Å². The Labute approximate surface area is 175 Å². The zero-order valence-electron chi connectivity index (χ0n) is 15.7. The maximum Gasteiger partial charge on any atom is 0.235 e. The third-order valence-corrected chi connectivity index (χ3v) is 7.33. The highest BCUT2D eigenvalue weighted by Gasteiger charge is 2.23. The first kappa shape index (κ1) is 18.2. The minimum Gasteiger partial charge on any atom is -0.316 e. The van der Waals surface area contributed by atoms with Gasteiger partial charge < -0.3 is 5.32 Å². The standard InChI is InChI=1S/C21H17N5OS2/c1-12-9-18-24-25-21(26(18)16-7-3-2-5-13(12)16)28-11-19(27)23-20-15(10-22)14-6-4-8-17(14)29-20/h2-3,5,7,9H,4,6,8,11H2,1H3,(H,23,27). The van der Waals surface area contributed by atoms with Gasteiger partial charge in [0.25, 0.3) is 0 Å². The number of carbonyl (C=O) groups is 1. The van der Waals surface area contributed by atoms with Crippen molar-refractivity contribution in [1.82, 2.24) is 14.6 Å². The van der Waals surface area contributed by atoms with Crippen molar-refractivity contribution in [2.24, 2.45) is 0 Å². The lowest BCUT2D eigenvalue weighted by atomic mass is 10.1. The number of para-hydroxylation sites is 1. The van der Waals surface area contributed by atoms with Crippen molar-refractivity contribution >= 4 is 50.6 Å². The maximum absolute atomic E-state index is 12.6.